The third-order valence-corrected chi connectivity index (χ3v) is 3.79. The lowest BCUT2D eigenvalue weighted by Gasteiger charge is -2.11. The molecule has 5 heteroatoms. The summed E-state index contributed by atoms with van der Waals surface area (Å²) in [6.07, 6.45) is 7.40. The number of imidazole rings is 1. The van der Waals surface area contributed by atoms with Gasteiger partial charge in [-0.2, -0.15) is 0 Å². The summed E-state index contributed by atoms with van der Waals surface area (Å²) in [6, 6.07) is 16.7. The van der Waals surface area contributed by atoms with Crippen molar-refractivity contribution in [2.24, 2.45) is 0 Å². The highest BCUT2D eigenvalue weighted by Gasteiger charge is 2.12. The lowest BCUT2D eigenvalue weighted by molar-refractivity contribution is 0.0950. The second kappa shape index (κ2) is 8.68. The monoisotopic (exact) mass is 335 g/mol. The SMILES string of the molecule is O=C(NCCCCn1ccnc1)c1ccccc1Oc1ccccc1. The van der Waals surface area contributed by atoms with E-state index in [0.717, 1.165) is 19.4 Å². The second-order valence-corrected chi connectivity index (χ2v) is 5.67. The van der Waals surface area contributed by atoms with Crippen LogP contribution in [0.1, 0.15) is 23.2 Å². The maximum Gasteiger partial charge on any atom is 0.255 e. The number of para-hydroxylation sites is 2. The molecule has 3 aromatic rings. The molecule has 0 aliphatic carbocycles. The first-order valence-electron chi connectivity index (χ1n) is 8.39. The van der Waals surface area contributed by atoms with E-state index < -0.39 is 0 Å². The highest BCUT2D eigenvalue weighted by molar-refractivity contribution is 5.96. The van der Waals surface area contributed by atoms with Gasteiger partial charge in [-0.3, -0.25) is 4.79 Å². The molecule has 3 rings (SSSR count). The van der Waals surface area contributed by atoms with Crippen LogP contribution in [0.25, 0.3) is 0 Å². The smallest absolute Gasteiger partial charge is 0.255 e. The fourth-order valence-corrected chi connectivity index (χ4v) is 2.49. The van der Waals surface area contributed by atoms with Gasteiger partial charge >= 0.3 is 0 Å². The number of unbranched alkanes of at least 4 members (excludes halogenated alkanes) is 1. The number of nitrogens with one attached hydrogen (secondary N) is 1. The van der Waals surface area contributed by atoms with Crippen LogP contribution in [0.2, 0.25) is 0 Å². The van der Waals surface area contributed by atoms with Crippen LogP contribution in [0, 0.1) is 0 Å². The lowest BCUT2D eigenvalue weighted by Crippen LogP contribution is -2.25. The normalized spacial score (nSPS) is 10.4. The van der Waals surface area contributed by atoms with Gasteiger partial charge in [0.2, 0.25) is 0 Å². The van der Waals surface area contributed by atoms with Crippen LogP contribution in [0.3, 0.4) is 0 Å². The largest absolute Gasteiger partial charge is 0.457 e. The maximum absolute atomic E-state index is 12.4. The van der Waals surface area contributed by atoms with E-state index in [1.165, 1.54) is 0 Å². The topological polar surface area (TPSA) is 56.2 Å². The van der Waals surface area contributed by atoms with Crippen molar-refractivity contribution in [3.05, 3.63) is 78.9 Å². The molecule has 1 N–H and O–H groups in total. The number of nitrogens with zero attached hydrogens (tertiary/aromatic N) is 2. The van der Waals surface area contributed by atoms with Gasteiger partial charge in [0.05, 0.1) is 11.9 Å². The van der Waals surface area contributed by atoms with Crippen molar-refractivity contribution < 1.29 is 9.53 Å². The van der Waals surface area contributed by atoms with E-state index in [-0.39, 0.29) is 5.91 Å². The van der Waals surface area contributed by atoms with Gasteiger partial charge in [0.1, 0.15) is 11.5 Å². The molecular formula is C20H21N3O2. The van der Waals surface area contributed by atoms with Crippen LogP contribution in [0.5, 0.6) is 11.5 Å². The van der Waals surface area contributed by atoms with E-state index in [9.17, 15) is 4.79 Å². The Bertz CT molecular complexity index is 786. The number of ether oxygens (including phenoxy) is 1. The zero-order chi connectivity index (χ0) is 17.3. The minimum atomic E-state index is -0.117. The minimum Gasteiger partial charge on any atom is -0.457 e. The van der Waals surface area contributed by atoms with Gasteiger partial charge in [0.15, 0.2) is 0 Å². The Morgan fingerprint density at radius 2 is 1.84 bits per heavy atom. The molecule has 1 heterocycles. The van der Waals surface area contributed by atoms with Crippen molar-refractivity contribution >= 4 is 5.91 Å². The molecule has 0 saturated heterocycles. The standard InChI is InChI=1S/C20H21N3O2/c24-20(22-12-6-7-14-23-15-13-21-16-23)18-10-4-5-11-19(18)25-17-8-2-1-3-9-17/h1-5,8-11,13,15-16H,6-7,12,14H2,(H,22,24). The van der Waals surface area contributed by atoms with Crippen molar-refractivity contribution in [2.75, 3.05) is 6.54 Å². The third-order valence-electron chi connectivity index (χ3n) is 3.79. The van der Waals surface area contributed by atoms with Gasteiger partial charge in [-0.05, 0) is 37.1 Å². The molecule has 128 valence electrons. The zero-order valence-corrected chi connectivity index (χ0v) is 14.0. The van der Waals surface area contributed by atoms with Gasteiger partial charge in [0, 0.05) is 25.5 Å². The van der Waals surface area contributed by atoms with Gasteiger partial charge in [0.25, 0.3) is 5.91 Å². The number of hydrogen-bond donors (Lipinski definition) is 1. The summed E-state index contributed by atoms with van der Waals surface area (Å²) in [5, 5.41) is 2.96. The van der Waals surface area contributed by atoms with E-state index in [1.807, 2.05) is 53.2 Å². The zero-order valence-electron chi connectivity index (χ0n) is 14.0. The van der Waals surface area contributed by atoms with Gasteiger partial charge in [-0.1, -0.05) is 30.3 Å². The summed E-state index contributed by atoms with van der Waals surface area (Å²) in [7, 11) is 0. The first-order valence-corrected chi connectivity index (χ1v) is 8.39. The first kappa shape index (κ1) is 16.8. The van der Waals surface area contributed by atoms with E-state index in [2.05, 4.69) is 10.3 Å². The second-order valence-electron chi connectivity index (χ2n) is 5.67. The van der Waals surface area contributed by atoms with Crippen molar-refractivity contribution in [1.82, 2.24) is 14.9 Å². The Labute approximate surface area is 147 Å². The van der Waals surface area contributed by atoms with Gasteiger partial charge in [-0.25, -0.2) is 4.98 Å². The fourth-order valence-electron chi connectivity index (χ4n) is 2.49. The predicted octanol–water partition coefficient (Wildman–Crippen LogP) is 3.89. The Morgan fingerprint density at radius 1 is 1.04 bits per heavy atom. The summed E-state index contributed by atoms with van der Waals surface area (Å²) < 4.78 is 7.87. The van der Waals surface area contributed by atoms with Crippen LogP contribution >= 0.6 is 0 Å². The number of benzene rings is 2. The average molecular weight is 335 g/mol. The minimum absolute atomic E-state index is 0.117. The van der Waals surface area contributed by atoms with E-state index in [1.54, 1.807) is 24.7 Å². The highest BCUT2D eigenvalue weighted by atomic mass is 16.5. The summed E-state index contributed by atoms with van der Waals surface area (Å²) in [6.45, 7) is 1.54. The number of hydrogen-bond acceptors (Lipinski definition) is 3. The molecule has 0 bridgehead atoms. The summed E-state index contributed by atoms with van der Waals surface area (Å²) in [5.74, 6) is 1.15. The van der Waals surface area contributed by atoms with Gasteiger partial charge in [-0.15, -0.1) is 0 Å². The van der Waals surface area contributed by atoms with E-state index >= 15 is 0 Å². The molecule has 0 spiro atoms. The number of carbonyl (C=O) groups excluding carboxylic acids is 1. The highest BCUT2D eigenvalue weighted by Crippen LogP contribution is 2.24. The lowest BCUT2D eigenvalue weighted by atomic mass is 10.2. The summed E-state index contributed by atoms with van der Waals surface area (Å²) in [4.78, 5) is 16.5. The number of aryl methyl sites for hydroxylation is 1. The quantitative estimate of drug-likeness (QED) is 0.636. The molecule has 25 heavy (non-hydrogen) atoms. The number of aromatic nitrogens is 2. The molecule has 0 aliphatic heterocycles. The van der Waals surface area contributed by atoms with Crippen molar-refractivity contribution in [1.29, 1.82) is 0 Å². The summed E-state index contributed by atoms with van der Waals surface area (Å²) >= 11 is 0. The molecule has 0 fully saturated rings. The van der Waals surface area contributed by atoms with E-state index in [4.69, 9.17) is 4.74 Å². The van der Waals surface area contributed by atoms with Crippen LogP contribution in [-0.2, 0) is 6.54 Å². The number of rotatable bonds is 8. The Hall–Kier alpha value is -3.08. The Kier molecular flexibility index (Phi) is 5.82. The molecule has 0 aliphatic rings. The van der Waals surface area contributed by atoms with Crippen LogP contribution < -0.4 is 10.1 Å². The molecule has 1 amide bonds. The van der Waals surface area contributed by atoms with Crippen molar-refractivity contribution in [3.8, 4) is 11.5 Å². The van der Waals surface area contributed by atoms with Gasteiger partial charge < -0.3 is 14.6 Å². The average Bonchev–Trinajstić information content (AvgIpc) is 3.16. The van der Waals surface area contributed by atoms with Crippen LogP contribution in [0.15, 0.2) is 73.3 Å². The van der Waals surface area contributed by atoms with Crippen molar-refractivity contribution in [3.63, 3.8) is 0 Å². The Balaban J connectivity index is 1.51. The third kappa shape index (κ3) is 4.94. The molecule has 0 radical (unpaired) electrons. The number of carbonyl (C=O) groups is 1. The molecule has 0 atom stereocenters. The summed E-state index contributed by atoms with van der Waals surface area (Å²) in [5.41, 5.74) is 0.543. The van der Waals surface area contributed by atoms with Crippen LogP contribution in [-0.4, -0.2) is 22.0 Å². The molecular weight excluding hydrogens is 314 g/mol. The van der Waals surface area contributed by atoms with Crippen molar-refractivity contribution in [2.45, 2.75) is 19.4 Å². The first-order chi connectivity index (χ1) is 12.3. The fraction of sp³-hybridized carbons (Fsp3) is 0.200. The molecule has 0 saturated carbocycles. The molecule has 5 nitrogen and oxygen atoms in total. The van der Waals surface area contributed by atoms with Crippen LogP contribution in [0.4, 0.5) is 0 Å². The predicted molar refractivity (Wildman–Crippen MR) is 96.8 cm³/mol. The van der Waals surface area contributed by atoms with E-state index in [0.29, 0.717) is 23.6 Å². The Morgan fingerprint density at radius 3 is 2.64 bits per heavy atom. The molecule has 2 aromatic carbocycles. The molecule has 1 aromatic heterocycles. The maximum atomic E-state index is 12.4. The number of amides is 1. The molecule has 0 unspecified atom stereocenters.